The molecular formula is C7H9NO5. The van der Waals surface area contributed by atoms with Crippen LogP contribution in [-0.4, -0.2) is 44.9 Å². The molecule has 0 aromatic heterocycles. The summed E-state index contributed by atoms with van der Waals surface area (Å²) >= 11 is 0. The third-order valence-corrected chi connectivity index (χ3v) is 1.82. The van der Waals surface area contributed by atoms with E-state index in [1.54, 1.807) is 0 Å². The molecule has 6 nitrogen and oxygen atoms in total. The number of rotatable bonds is 2. The van der Waals surface area contributed by atoms with Crippen molar-refractivity contribution in [2.45, 2.75) is 12.5 Å². The maximum absolute atomic E-state index is 10.6. The van der Waals surface area contributed by atoms with Gasteiger partial charge in [-0.2, -0.15) is 0 Å². The summed E-state index contributed by atoms with van der Waals surface area (Å²) in [6, 6.07) is -1.10. The molecule has 6 heteroatoms. The van der Waals surface area contributed by atoms with Gasteiger partial charge < -0.3 is 15.3 Å². The molecular weight excluding hydrogens is 178 g/mol. The highest BCUT2D eigenvalue weighted by Gasteiger charge is 2.33. The molecule has 72 valence electrons. The van der Waals surface area contributed by atoms with E-state index in [1.165, 1.54) is 0 Å². The number of carbonyl (C=O) groups is 2. The Balaban J connectivity index is 2.82. The second kappa shape index (κ2) is 3.44. The largest absolute Gasteiger partial charge is 0.480 e. The maximum atomic E-state index is 10.6. The van der Waals surface area contributed by atoms with Crippen LogP contribution < -0.4 is 0 Å². The minimum absolute atomic E-state index is 0.0537. The summed E-state index contributed by atoms with van der Waals surface area (Å²) in [4.78, 5) is 21.8. The Kier molecular flexibility index (Phi) is 2.52. The van der Waals surface area contributed by atoms with Gasteiger partial charge >= 0.3 is 12.1 Å². The summed E-state index contributed by atoms with van der Waals surface area (Å²) < 4.78 is 0. The number of hydrogen-bond acceptors (Lipinski definition) is 3. The lowest BCUT2D eigenvalue weighted by Gasteiger charge is -2.15. The smallest absolute Gasteiger partial charge is 0.412 e. The summed E-state index contributed by atoms with van der Waals surface area (Å²) in [7, 11) is 0. The number of amides is 1. The van der Waals surface area contributed by atoms with Crippen LogP contribution in [0.2, 0.25) is 0 Å². The highest BCUT2D eigenvalue weighted by molar-refractivity contribution is 5.81. The highest BCUT2D eigenvalue weighted by atomic mass is 16.4. The molecule has 0 fully saturated rings. The number of carboxylic acids is 1. The van der Waals surface area contributed by atoms with E-state index in [4.69, 9.17) is 15.3 Å². The fourth-order valence-electron chi connectivity index (χ4n) is 1.19. The number of aliphatic hydroxyl groups is 1. The van der Waals surface area contributed by atoms with E-state index < -0.39 is 18.1 Å². The number of aliphatic carboxylic acids is 1. The zero-order chi connectivity index (χ0) is 10.0. The number of aliphatic hydroxyl groups excluding tert-OH is 1. The molecule has 13 heavy (non-hydrogen) atoms. The summed E-state index contributed by atoms with van der Waals surface area (Å²) in [6.07, 6.45) is -0.116. The van der Waals surface area contributed by atoms with E-state index in [2.05, 4.69) is 0 Å². The van der Waals surface area contributed by atoms with Crippen LogP contribution in [0.3, 0.4) is 0 Å². The van der Waals surface area contributed by atoms with E-state index in [9.17, 15) is 9.59 Å². The molecule has 3 N–H and O–H groups in total. The first-order chi connectivity index (χ1) is 6.06. The van der Waals surface area contributed by atoms with Gasteiger partial charge in [-0.1, -0.05) is 0 Å². The lowest BCUT2D eigenvalue weighted by molar-refractivity contribution is -0.141. The van der Waals surface area contributed by atoms with Crippen molar-refractivity contribution in [3.63, 3.8) is 0 Å². The van der Waals surface area contributed by atoms with Crippen molar-refractivity contribution in [1.82, 2.24) is 4.90 Å². The van der Waals surface area contributed by atoms with Crippen molar-refractivity contribution in [2.75, 3.05) is 6.61 Å². The first-order valence-electron chi connectivity index (χ1n) is 3.60. The molecule has 0 aromatic rings. The van der Waals surface area contributed by atoms with Gasteiger partial charge in [-0.15, -0.1) is 0 Å². The molecule has 0 saturated heterocycles. The predicted molar refractivity (Wildman–Crippen MR) is 41.1 cm³/mol. The lowest BCUT2D eigenvalue weighted by Crippen LogP contribution is -2.37. The van der Waals surface area contributed by atoms with Crippen molar-refractivity contribution in [3.8, 4) is 0 Å². The van der Waals surface area contributed by atoms with E-state index in [0.29, 0.717) is 10.5 Å². The first-order valence-corrected chi connectivity index (χ1v) is 3.60. The van der Waals surface area contributed by atoms with Gasteiger partial charge in [0.15, 0.2) is 0 Å². The topological polar surface area (TPSA) is 98.1 Å². The van der Waals surface area contributed by atoms with Crippen LogP contribution in [0.1, 0.15) is 6.42 Å². The Bertz CT molecular complexity index is 272. The van der Waals surface area contributed by atoms with Gasteiger partial charge in [0.1, 0.15) is 6.04 Å². The zero-order valence-corrected chi connectivity index (χ0v) is 6.67. The fourth-order valence-corrected chi connectivity index (χ4v) is 1.19. The van der Waals surface area contributed by atoms with Crippen LogP contribution >= 0.6 is 0 Å². The number of carboxylic acid groups (broad SMARTS) is 2. The molecule has 1 amide bonds. The Morgan fingerprint density at radius 2 is 2.15 bits per heavy atom. The average molecular weight is 187 g/mol. The van der Waals surface area contributed by atoms with E-state index in [1.807, 2.05) is 0 Å². The lowest BCUT2D eigenvalue weighted by atomic mass is 10.1. The van der Waals surface area contributed by atoms with Gasteiger partial charge in [0.2, 0.25) is 0 Å². The Hall–Kier alpha value is -1.56. The SMILES string of the molecule is O=C(O)C1CC(CO)=CN1C(=O)O. The molecule has 1 aliphatic heterocycles. The van der Waals surface area contributed by atoms with Crippen molar-refractivity contribution in [2.24, 2.45) is 0 Å². The Labute approximate surface area is 73.7 Å². The van der Waals surface area contributed by atoms with Crippen molar-refractivity contribution < 1.29 is 24.9 Å². The third kappa shape index (κ3) is 1.78. The molecule has 1 unspecified atom stereocenters. The molecule has 0 aromatic carbocycles. The van der Waals surface area contributed by atoms with Crippen LogP contribution in [-0.2, 0) is 4.79 Å². The average Bonchev–Trinajstić information content (AvgIpc) is 2.47. The Morgan fingerprint density at radius 1 is 1.54 bits per heavy atom. The molecule has 0 bridgehead atoms. The minimum atomic E-state index is -1.32. The van der Waals surface area contributed by atoms with E-state index in [0.717, 1.165) is 6.20 Å². The van der Waals surface area contributed by atoms with Gasteiger partial charge in [-0.05, 0) is 5.57 Å². The summed E-state index contributed by atoms with van der Waals surface area (Å²) in [5, 5.41) is 25.9. The highest BCUT2D eigenvalue weighted by Crippen LogP contribution is 2.21. The summed E-state index contributed by atoms with van der Waals surface area (Å²) in [5.41, 5.74) is 0.412. The normalized spacial score (nSPS) is 21.5. The van der Waals surface area contributed by atoms with Crippen molar-refractivity contribution in [3.05, 3.63) is 11.8 Å². The third-order valence-electron chi connectivity index (χ3n) is 1.82. The molecule has 1 atom stereocenters. The van der Waals surface area contributed by atoms with Gasteiger partial charge in [0, 0.05) is 12.6 Å². The Morgan fingerprint density at radius 3 is 2.46 bits per heavy atom. The molecule has 1 aliphatic rings. The quantitative estimate of drug-likeness (QED) is 0.551. The fraction of sp³-hybridized carbons (Fsp3) is 0.429. The first kappa shape index (κ1) is 9.53. The molecule has 1 rings (SSSR count). The van der Waals surface area contributed by atoms with Crippen LogP contribution in [0, 0.1) is 0 Å². The summed E-state index contributed by atoms with van der Waals surface area (Å²) in [6.45, 7) is -0.312. The number of nitrogens with zero attached hydrogens (tertiary/aromatic N) is 1. The monoisotopic (exact) mass is 187 g/mol. The molecule has 0 spiro atoms. The zero-order valence-electron chi connectivity index (χ0n) is 6.67. The summed E-state index contributed by atoms with van der Waals surface area (Å²) in [5.74, 6) is -1.21. The standard InChI is InChI=1S/C7H9NO5/c9-3-4-1-5(6(10)11)8(2-4)7(12)13/h2,5,9H,1,3H2,(H,10,11)(H,12,13). The molecule has 1 heterocycles. The van der Waals surface area contributed by atoms with Crippen LogP contribution in [0.4, 0.5) is 4.79 Å². The molecule has 0 saturated carbocycles. The molecule has 0 aliphatic carbocycles. The van der Waals surface area contributed by atoms with Crippen LogP contribution in [0.25, 0.3) is 0 Å². The molecule has 0 radical (unpaired) electrons. The van der Waals surface area contributed by atoms with Crippen LogP contribution in [0.15, 0.2) is 11.8 Å². The van der Waals surface area contributed by atoms with Crippen molar-refractivity contribution in [1.29, 1.82) is 0 Å². The van der Waals surface area contributed by atoms with Crippen LogP contribution in [0.5, 0.6) is 0 Å². The maximum Gasteiger partial charge on any atom is 0.412 e. The van der Waals surface area contributed by atoms with Crippen molar-refractivity contribution >= 4 is 12.1 Å². The minimum Gasteiger partial charge on any atom is -0.480 e. The van der Waals surface area contributed by atoms with Gasteiger partial charge in [0.05, 0.1) is 6.61 Å². The predicted octanol–water partition coefficient (Wildman–Crippen LogP) is -0.301. The van der Waals surface area contributed by atoms with Gasteiger partial charge in [-0.3, -0.25) is 4.90 Å². The van der Waals surface area contributed by atoms with E-state index >= 15 is 0 Å². The second-order valence-corrected chi connectivity index (χ2v) is 2.69. The van der Waals surface area contributed by atoms with Gasteiger partial charge in [-0.25, -0.2) is 9.59 Å². The van der Waals surface area contributed by atoms with Gasteiger partial charge in [0.25, 0.3) is 0 Å². The number of hydrogen-bond donors (Lipinski definition) is 3. The van der Waals surface area contributed by atoms with E-state index in [-0.39, 0.29) is 13.0 Å². The second-order valence-electron chi connectivity index (χ2n) is 2.69.